The largest absolute Gasteiger partial charge is 0.496 e. The first kappa shape index (κ1) is 12.3. The van der Waals surface area contributed by atoms with Crippen LogP contribution >= 0.6 is 0 Å². The van der Waals surface area contributed by atoms with Crippen molar-refractivity contribution >= 4 is 11.0 Å². The fourth-order valence-electron chi connectivity index (χ4n) is 2.64. The highest BCUT2D eigenvalue weighted by molar-refractivity contribution is 5.81. The van der Waals surface area contributed by atoms with E-state index in [9.17, 15) is 4.39 Å². The Labute approximate surface area is 120 Å². The van der Waals surface area contributed by atoms with Gasteiger partial charge in [-0.1, -0.05) is 12.1 Å². The predicted molar refractivity (Wildman–Crippen MR) is 75.7 cm³/mol. The van der Waals surface area contributed by atoms with E-state index in [0.29, 0.717) is 11.4 Å². The highest BCUT2D eigenvalue weighted by Gasteiger charge is 2.26. The van der Waals surface area contributed by atoms with Crippen LogP contribution < -0.4 is 4.74 Å². The minimum absolute atomic E-state index is 0.153. The summed E-state index contributed by atoms with van der Waals surface area (Å²) in [6, 6.07) is 9.21. The van der Waals surface area contributed by atoms with Crippen molar-refractivity contribution in [2.75, 3.05) is 7.11 Å². The SMILES string of the molecule is COc1cc(-c2cc(F)c3nonc3c2)ccc1C1CC1. The van der Waals surface area contributed by atoms with Crippen molar-refractivity contribution < 1.29 is 13.8 Å². The molecule has 106 valence electrons. The van der Waals surface area contributed by atoms with Crippen molar-refractivity contribution in [3.05, 3.63) is 41.7 Å². The van der Waals surface area contributed by atoms with E-state index in [-0.39, 0.29) is 5.52 Å². The summed E-state index contributed by atoms with van der Waals surface area (Å²) in [7, 11) is 1.66. The van der Waals surface area contributed by atoms with Crippen molar-refractivity contribution in [3.63, 3.8) is 0 Å². The fourth-order valence-corrected chi connectivity index (χ4v) is 2.64. The van der Waals surface area contributed by atoms with Gasteiger partial charge in [-0.2, -0.15) is 0 Å². The molecule has 1 aromatic heterocycles. The van der Waals surface area contributed by atoms with E-state index in [4.69, 9.17) is 4.74 Å². The molecule has 0 N–H and O–H groups in total. The van der Waals surface area contributed by atoms with Crippen LogP contribution in [-0.2, 0) is 0 Å². The number of fused-ring (bicyclic) bond motifs is 1. The number of benzene rings is 2. The molecule has 0 aliphatic heterocycles. The Morgan fingerprint density at radius 2 is 2.00 bits per heavy atom. The van der Waals surface area contributed by atoms with Crippen LogP contribution in [-0.4, -0.2) is 17.4 Å². The standard InChI is InChI=1S/C16H13FN2O2/c1-20-15-8-10(4-5-12(15)9-2-3-9)11-6-13(17)16-14(7-11)18-21-19-16/h4-9H,2-3H2,1H3. The van der Waals surface area contributed by atoms with Gasteiger partial charge in [-0.15, -0.1) is 0 Å². The van der Waals surface area contributed by atoms with Gasteiger partial charge in [0, 0.05) is 0 Å². The number of hydrogen-bond donors (Lipinski definition) is 0. The van der Waals surface area contributed by atoms with Crippen LogP contribution in [0.4, 0.5) is 4.39 Å². The summed E-state index contributed by atoms with van der Waals surface area (Å²) >= 11 is 0. The van der Waals surface area contributed by atoms with Gasteiger partial charge in [0.25, 0.3) is 0 Å². The topological polar surface area (TPSA) is 48.2 Å². The first-order chi connectivity index (χ1) is 10.3. The molecular weight excluding hydrogens is 271 g/mol. The predicted octanol–water partition coefficient (Wildman–Crippen LogP) is 3.91. The minimum atomic E-state index is -0.436. The number of halogens is 1. The fraction of sp³-hybridized carbons (Fsp3) is 0.250. The van der Waals surface area contributed by atoms with Crippen LogP contribution in [0.5, 0.6) is 5.75 Å². The Morgan fingerprint density at radius 3 is 2.76 bits per heavy atom. The molecule has 1 saturated carbocycles. The molecule has 0 amide bonds. The van der Waals surface area contributed by atoms with Crippen LogP contribution in [0.15, 0.2) is 35.0 Å². The van der Waals surface area contributed by atoms with Gasteiger partial charge in [0.1, 0.15) is 11.3 Å². The second-order valence-corrected chi connectivity index (χ2v) is 5.32. The Bertz CT molecular complexity index is 824. The van der Waals surface area contributed by atoms with E-state index in [1.165, 1.54) is 24.5 Å². The molecule has 0 bridgehead atoms. The van der Waals surface area contributed by atoms with Crippen molar-refractivity contribution in [2.45, 2.75) is 18.8 Å². The first-order valence-corrected chi connectivity index (χ1v) is 6.86. The zero-order chi connectivity index (χ0) is 14.4. The van der Waals surface area contributed by atoms with Gasteiger partial charge in [-0.05, 0) is 64.0 Å². The lowest BCUT2D eigenvalue weighted by Gasteiger charge is -2.10. The third-order valence-corrected chi connectivity index (χ3v) is 3.90. The van der Waals surface area contributed by atoms with E-state index in [2.05, 4.69) is 21.0 Å². The molecule has 1 aliphatic rings. The lowest BCUT2D eigenvalue weighted by Crippen LogP contribution is -1.91. The molecule has 1 aliphatic carbocycles. The van der Waals surface area contributed by atoms with Crippen LogP contribution in [0.2, 0.25) is 0 Å². The number of hydrogen-bond acceptors (Lipinski definition) is 4. The van der Waals surface area contributed by atoms with Gasteiger partial charge in [-0.25, -0.2) is 9.02 Å². The highest BCUT2D eigenvalue weighted by atomic mass is 19.1. The summed E-state index contributed by atoms with van der Waals surface area (Å²) in [5.41, 5.74) is 3.41. The number of methoxy groups -OCH3 is 1. The lowest BCUT2D eigenvalue weighted by molar-refractivity contribution is 0.314. The summed E-state index contributed by atoms with van der Waals surface area (Å²) in [6.07, 6.45) is 2.42. The molecule has 4 rings (SSSR count). The first-order valence-electron chi connectivity index (χ1n) is 6.86. The second-order valence-electron chi connectivity index (χ2n) is 5.32. The zero-order valence-electron chi connectivity index (χ0n) is 11.5. The minimum Gasteiger partial charge on any atom is -0.496 e. The summed E-state index contributed by atoms with van der Waals surface area (Å²) in [5.74, 6) is 1.02. The summed E-state index contributed by atoms with van der Waals surface area (Å²) in [6.45, 7) is 0. The Kier molecular flexibility index (Phi) is 2.67. The lowest BCUT2D eigenvalue weighted by atomic mass is 10.0. The maximum Gasteiger partial charge on any atom is 0.170 e. The Hall–Kier alpha value is -2.43. The summed E-state index contributed by atoms with van der Waals surface area (Å²) < 4.78 is 24.0. The van der Waals surface area contributed by atoms with Gasteiger partial charge in [0.05, 0.1) is 7.11 Å². The number of ether oxygens (including phenoxy) is 1. The Morgan fingerprint density at radius 1 is 1.14 bits per heavy atom. The van der Waals surface area contributed by atoms with Gasteiger partial charge >= 0.3 is 0 Å². The van der Waals surface area contributed by atoms with Crippen molar-refractivity contribution in [1.82, 2.24) is 10.3 Å². The molecule has 0 atom stereocenters. The van der Waals surface area contributed by atoms with Gasteiger partial charge in [-0.3, -0.25) is 0 Å². The van der Waals surface area contributed by atoms with Gasteiger partial charge in [0.15, 0.2) is 11.3 Å². The molecule has 21 heavy (non-hydrogen) atoms. The molecule has 0 spiro atoms. The molecular formula is C16H13FN2O2. The van der Waals surface area contributed by atoms with E-state index >= 15 is 0 Å². The van der Waals surface area contributed by atoms with Crippen LogP contribution in [0.25, 0.3) is 22.2 Å². The monoisotopic (exact) mass is 284 g/mol. The smallest absolute Gasteiger partial charge is 0.170 e. The summed E-state index contributed by atoms with van der Waals surface area (Å²) in [4.78, 5) is 0. The average Bonchev–Trinajstić information content (AvgIpc) is 3.24. The van der Waals surface area contributed by atoms with Crippen molar-refractivity contribution in [3.8, 4) is 16.9 Å². The molecule has 1 heterocycles. The number of nitrogens with zero attached hydrogens (tertiary/aromatic N) is 2. The molecule has 1 fully saturated rings. The van der Waals surface area contributed by atoms with E-state index in [0.717, 1.165) is 16.9 Å². The van der Waals surface area contributed by atoms with Gasteiger partial charge < -0.3 is 4.74 Å². The third kappa shape index (κ3) is 2.05. The van der Waals surface area contributed by atoms with Crippen LogP contribution in [0.3, 0.4) is 0 Å². The maximum atomic E-state index is 14.0. The number of rotatable bonds is 3. The molecule has 2 aromatic carbocycles. The quantitative estimate of drug-likeness (QED) is 0.731. The van der Waals surface area contributed by atoms with Gasteiger partial charge in [0.2, 0.25) is 0 Å². The third-order valence-electron chi connectivity index (χ3n) is 3.90. The maximum absolute atomic E-state index is 14.0. The molecule has 3 aromatic rings. The van der Waals surface area contributed by atoms with Crippen LogP contribution in [0, 0.1) is 5.82 Å². The molecule has 4 nitrogen and oxygen atoms in total. The molecule has 0 unspecified atom stereocenters. The second kappa shape index (κ2) is 4.55. The molecule has 5 heteroatoms. The van der Waals surface area contributed by atoms with E-state index in [1.54, 1.807) is 13.2 Å². The number of aromatic nitrogens is 2. The van der Waals surface area contributed by atoms with Crippen LogP contribution in [0.1, 0.15) is 24.3 Å². The summed E-state index contributed by atoms with van der Waals surface area (Å²) in [5, 5.41) is 7.25. The molecule has 0 radical (unpaired) electrons. The average molecular weight is 284 g/mol. The van der Waals surface area contributed by atoms with Crippen molar-refractivity contribution in [2.24, 2.45) is 0 Å². The Balaban J connectivity index is 1.83. The van der Waals surface area contributed by atoms with E-state index in [1.807, 2.05) is 12.1 Å². The zero-order valence-corrected chi connectivity index (χ0v) is 11.5. The van der Waals surface area contributed by atoms with Crippen molar-refractivity contribution in [1.29, 1.82) is 0 Å². The molecule has 0 saturated heterocycles. The normalized spacial score (nSPS) is 14.6. The van der Waals surface area contributed by atoms with E-state index < -0.39 is 5.82 Å². The highest BCUT2D eigenvalue weighted by Crippen LogP contribution is 2.45.